The lowest BCUT2D eigenvalue weighted by Gasteiger charge is -2.08. The number of hydrogen-bond donors (Lipinski definition) is 3. The zero-order valence-electron chi connectivity index (χ0n) is 11.8. The zero-order chi connectivity index (χ0) is 15.9. The van der Waals surface area contributed by atoms with Gasteiger partial charge in [0.2, 0.25) is 0 Å². The molecule has 0 unspecified atom stereocenters. The fourth-order valence-electron chi connectivity index (χ4n) is 1.93. The first-order chi connectivity index (χ1) is 10.6. The SMILES string of the molecule is Nc1ccccc1C(=O)NC(=O)NCCc1ccccc1F. The van der Waals surface area contributed by atoms with Crippen molar-refractivity contribution in [2.75, 3.05) is 12.3 Å². The van der Waals surface area contributed by atoms with Gasteiger partial charge in [-0.05, 0) is 30.2 Å². The molecular weight excluding hydrogens is 285 g/mol. The average Bonchev–Trinajstić information content (AvgIpc) is 2.49. The topological polar surface area (TPSA) is 84.2 Å². The zero-order valence-corrected chi connectivity index (χ0v) is 11.8. The van der Waals surface area contributed by atoms with E-state index in [0.29, 0.717) is 17.7 Å². The van der Waals surface area contributed by atoms with Crippen LogP contribution in [0.3, 0.4) is 0 Å². The van der Waals surface area contributed by atoms with Gasteiger partial charge in [-0.25, -0.2) is 9.18 Å². The molecule has 4 N–H and O–H groups in total. The van der Waals surface area contributed by atoms with Crippen LogP contribution < -0.4 is 16.4 Å². The van der Waals surface area contributed by atoms with Gasteiger partial charge in [0.05, 0.1) is 5.56 Å². The van der Waals surface area contributed by atoms with Crippen LogP contribution in [0, 0.1) is 5.82 Å². The molecule has 5 nitrogen and oxygen atoms in total. The average molecular weight is 301 g/mol. The number of anilines is 1. The summed E-state index contributed by atoms with van der Waals surface area (Å²) in [5.74, 6) is -0.903. The third-order valence-corrected chi connectivity index (χ3v) is 3.07. The number of rotatable bonds is 4. The van der Waals surface area contributed by atoms with Crippen LogP contribution in [0.1, 0.15) is 15.9 Å². The van der Waals surface area contributed by atoms with E-state index in [0.717, 1.165) is 0 Å². The highest BCUT2D eigenvalue weighted by molar-refractivity contribution is 6.07. The Morgan fingerprint density at radius 3 is 2.45 bits per heavy atom. The second-order valence-electron chi connectivity index (χ2n) is 4.64. The van der Waals surface area contributed by atoms with E-state index in [1.807, 2.05) is 0 Å². The monoisotopic (exact) mass is 301 g/mol. The van der Waals surface area contributed by atoms with Crippen LogP contribution in [0.2, 0.25) is 0 Å². The molecule has 2 aromatic rings. The number of carbonyl (C=O) groups excluding carboxylic acids is 2. The van der Waals surface area contributed by atoms with Crippen molar-refractivity contribution in [3.05, 3.63) is 65.5 Å². The molecule has 0 heterocycles. The van der Waals surface area contributed by atoms with E-state index in [-0.39, 0.29) is 17.9 Å². The molecule has 0 aliphatic rings. The molecule has 6 heteroatoms. The number of amides is 3. The lowest BCUT2D eigenvalue weighted by Crippen LogP contribution is -2.40. The first-order valence-corrected chi connectivity index (χ1v) is 6.75. The number of nitrogen functional groups attached to an aromatic ring is 1. The Hall–Kier alpha value is -2.89. The summed E-state index contributed by atoms with van der Waals surface area (Å²) in [5, 5.41) is 4.68. The Bertz CT molecular complexity index is 689. The van der Waals surface area contributed by atoms with Gasteiger partial charge in [-0.2, -0.15) is 0 Å². The summed E-state index contributed by atoms with van der Waals surface area (Å²) in [7, 11) is 0. The predicted molar refractivity (Wildman–Crippen MR) is 81.8 cm³/mol. The molecule has 0 spiro atoms. The van der Waals surface area contributed by atoms with Crippen LogP contribution in [0.4, 0.5) is 14.9 Å². The summed E-state index contributed by atoms with van der Waals surface area (Å²) < 4.78 is 13.4. The van der Waals surface area contributed by atoms with E-state index >= 15 is 0 Å². The minimum Gasteiger partial charge on any atom is -0.398 e. The van der Waals surface area contributed by atoms with Gasteiger partial charge in [-0.1, -0.05) is 30.3 Å². The van der Waals surface area contributed by atoms with Crippen LogP contribution in [0.25, 0.3) is 0 Å². The lowest BCUT2D eigenvalue weighted by atomic mass is 10.1. The van der Waals surface area contributed by atoms with Crippen molar-refractivity contribution >= 4 is 17.6 Å². The standard InChI is InChI=1S/C16H16FN3O2/c17-13-7-3-1-5-11(13)9-10-19-16(22)20-15(21)12-6-2-4-8-14(12)18/h1-8H,9-10,18H2,(H2,19,20,21,22). The molecule has 0 radical (unpaired) electrons. The minimum absolute atomic E-state index is 0.213. The Morgan fingerprint density at radius 1 is 1.05 bits per heavy atom. The second kappa shape index (κ2) is 7.21. The van der Waals surface area contributed by atoms with E-state index in [1.54, 1.807) is 36.4 Å². The van der Waals surface area contributed by atoms with Gasteiger partial charge in [0.15, 0.2) is 0 Å². The Morgan fingerprint density at radius 2 is 1.73 bits per heavy atom. The summed E-state index contributed by atoms with van der Waals surface area (Å²) in [4.78, 5) is 23.5. The van der Waals surface area contributed by atoms with Crippen molar-refractivity contribution in [1.82, 2.24) is 10.6 Å². The van der Waals surface area contributed by atoms with Crippen molar-refractivity contribution in [3.63, 3.8) is 0 Å². The molecule has 0 fully saturated rings. The number of imide groups is 1. The number of carbonyl (C=O) groups is 2. The van der Waals surface area contributed by atoms with Gasteiger partial charge in [0, 0.05) is 12.2 Å². The molecule has 0 aliphatic heterocycles. The van der Waals surface area contributed by atoms with Gasteiger partial charge in [0.25, 0.3) is 5.91 Å². The van der Waals surface area contributed by atoms with Crippen molar-refractivity contribution in [2.45, 2.75) is 6.42 Å². The molecule has 2 rings (SSSR count). The van der Waals surface area contributed by atoms with E-state index in [9.17, 15) is 14.0 Å². The van der Waals surface area contributed by atoms with E-state index in [4.69, 9.17) is 5.73 Å². The molecule has 0 saturated carbocycles. The van der Waals surface area contributed by atoms with E-state index < -0.39 is 11.9 Å². The molecule has 0 atom stereocenters. The summed E-state index contributed by atoms with van der Waals surface area (Å²) in [5.41, 5.74) is 6.68. The van der Waals surface area contributed by atoms with Crippen molar-refractivity contribution < 1.29 is 14.0 Å². The van der Waals surface area contributed by atoms with E-state index in [1.165, 1.54) is 12.1 Å². The maximum absolute atomic E-state index is 13.4. The quantitative estimate of drug-likeness (QED) is 0.756. The number of hydrogen-bond acceptors (Lipinski definition) is 3. The van der Waals surface area contributed by atoms with Crippen molar-refractivity contribution in [2.24, 2.45) is 0 Å². The molecule has 0 bridgehead atoms. The maximum Gasteiger partial charge on any atom is 0.321 e. The molecule has 114 valence electrons. The Kier molecular flexibility index (Phi) is 5.08. The Labute approximate surface area is 127 Å². The number of nitrogens with two attached hydrogens (primary N) is 1. The number of halogens is 1. The largest absolute Gasteiger partial charge is 0.398 e. The highest BCUT2D eigenvalue weighted by atomic mass is 19.1. The summed E-state index contributed by atoms with van der Waals surface area (Å²) in [6, 6.07) is 12.1. The van der Waals surface area contributed by atoms with Crippen LogP contribution >= 0.6 is 0 Å². The third kappa shape index (κ3) is 4.05. The van der Waals surface area contributed by atoms with Crippen LogP contribution in [0.15, 0.2) is 48.5 Å². The summed E-state index contributed by atoms with van der Waals surface area (Å²) in [6.45, 7) is 0.213. The highest BCUT2D eigenvalue weighted by Crippen LogP contribution is 2.09. The van der Waals surface area contributed by atoms with Gasteiger partial charge in [-0.15, -0.1) is 0 Å². The molecule has 0 aromatic heterocycles. The lowest BCUT2D eigenvalue weighted by molar-refractivity contribution is 0.0965. The number of nitrogens with one attached hydrogen (secondary N) is 2. The molecule has 2 aromatic carbocycles. The fraction of sp³-hybridized carbons (Fsp3) is 0.125. The number of urea groups is 1. The summed E-state index contributed by atoms with van der Waals surface area (Å²) in [6.07, 6.45) is 0.335. The van der Waals surface area contributed by atoms with Gasteiger partial charge >= 0.3 is 6.03 Å². The first kappa shape index (κ1) is 15.5. The van der Waals surface area contributed by atoms with Crippen molar-refractivity contribution in [3.8, 4) is 0 Å². The maximum atomic E-state index is 13.4. The third-order valence-electron chi connectivity index (χ3n) is 3.07. The highest BCUT2D eigenvalue weighted by Gasteiger charge is 2.12. The fourth-order valence-corrected chi connectivity index (χ4v) is 1.93. The molecule has 22 heavy (non-hydrogen) atoms. The molecule has 3 amide bonds. The van der Waals surface area contributed by atoms with Crippen molar-refractivity contribution in [1.29, 1.82) is 0 Å². The smallest absolute Gasteiger partial charge is 0.321 e. The van der Waals surface area contributed by atoms with E-state index in [2.05, 4.69) is 10.6 Å². The van der Waals surface area contributed by atoms with Gasteiger partial charge in [0.1, 0.15) is 5.82 Å². The normalized spacial score (nSPS) is 10.0. The van der Waals surface area contributed by atoms with Crippen LogP contribution in [-0.2, 0) is 6.42 Å². The van der Waals surface area contributed by atoms with Crippen LogP contribution in [-0.4, -0.2) is 18.5 Å². The first-order valence-electron chi connectivity index (χ1n) is 6.75. The minimum atomic E-state index is -0.649. The molecular formula is C16H16FN3O2. The van der Waals surface area contributed by atoms with Gasteiger partial charge in [-0.3, -0.25) is 10.1 Å². The van der Waals surface area contributed by atoms with Crippen LogP contribution in [0.5, 0.6) is 0 Å². The predicted octanol–water partition coefficient (Wildman–Crippen LogP) is 2.09. The molecule has 0 aliphatic carbocycles. The summed E-state index contributed by atoms with van der Waals surface area (Å²) >= 11 is 0. The van der Waals surface area contributed by atoms with Gasteiger partial charge < -0.3 is 11.1 Å². The number of para-hydroxylation sites is 1. The Balaban J connectivity index is 1.82. The number of benzene rings is 2. The molecule has 0 saturated heterocycles. The second-order valence-corrected chi connectivity index (χ2v) is 4.64.